The number of carbonyl (C=O) groups excluding carboxylic acids is 3. The summed E-state index contributed by atoms with van der Waals surface area (Å²) in [6.45, 7) is 5.18. The lowest BCUT2D eigenvalue weighted by Crippen LogP contribution is -2.53. The molecule has 0 aliphatic carbocycles. The van der Waals surface area contributed by atoms with Gasteiger partial charge in [0.05, 0.1) is 23.7 Å². The third-order valence-electron chi connectivity index (χ3n) is 6.15. The molecule has 3 aromatic rings. The molecule has 202 valence electrons. The van der Waals surface area contributed by atoms with E-state index in [0.717, 1.165) is 0 Å². The highest BCUT2D eigenvalue weighted by molar-refractivity contribution is 6.01. The number of aromatic nitrogens is 1. The molecule has 10 heteroatoms. The molecule has 0 fully saturated rings. The summed E-state index contributed by atoms with van der Waals surface area (Å²) >= 11 is 0. The number of pyridine rings is 1. The number of alkyl carbamates (subject to hydrolysis) is 1. The van der Waals surface area contributed by atoms with Gasteiger partial charge in [-0.3, -0.25) is 14.6 Å². The number of nitrogens with zero attached hydrogens (tertiary/aromatic N) is 2. The normalized spacial score (nSPS) is 15.2. The van der Waals surface area contributed by atoms with Crippen molar-refractivity contribution in [3.05, 3.63) is 108 Å². The van der Waals surface area contributed by atoms with Gasteiger partial charge >= 0.3 is 6.09 Å². The lowest BCUT2D eigenvalue weighted by molar-refractivity contribution is -0.128. The van der Waals surface area contributed by atoms with Crippen molar-refractivity contribution in [2.24, 2.45) is 0 Å². The van der Waals surface area contributed by atoms with Gasteiger partial charge in [0.15, 0.2) is 0 Å². The number of fused-ring (bicyclic) bond motifs is 1. The Labute approximate surface area is 224 Å². The largest absolute Gasteiger partial charge is 0.416 e. The zero-order valence-corrected chi connectivity index (χ0v) is 21.3. The van der Waals surface area contributed by atoms with Gasteiger partial charge < -0.3 is 20.3 Å². The number of hydrogen-bond donors (Lipinski definition) is 2. The third-order valence-corrected chi connectivity index (χ3v) is 6.15. The van der Waals surface area contributed by atoms with E-state index in [1.54, 1.807) is 48.7 Å². The average molecular weight is 535 g/mol. The van der Waals surface area contributed by atoms with E-state index >= 15 is 0 Å². The predicted molar refractivity (Wildman–Crippen MR) is 140 cm³/mol. The van der Waals surface area contributed by atoms with E-state index in [1.807, 2.05) is 0 Å². The fraction of sp³-hybridized carbons (Fsp3) is 0.241. The Balaban J connectivity index is 1.50. The predicted octanol–water partition coefficient (Wildman–Crippen LogP) is 4.20. The highest BCUT2D eigenvalue weighted by Gasteiger charge is 2.35. The van der Waals surface area contributed by atoms with Crippen LogP contribution in [0, 0.1) is 11.6 Å². The molecule has 2 atom stereocenters. The summed E-state index contributed by atoms with van der Waals surface area (Å²) < 4.78 is 32.7. The molecule has 2 N–H and O–H groups in total. The Kier molecular flexibility index (Phi) is 8.65. The van der Waals surface area contributed by atoms with Crippen molar-refractivity contribution in [1.82, 2.24) is 15.6 Å². The first-order valence-electron chi connectivity index (χ1n) is 12.4. The van der Waals surface area contributed by atoms with E-state index in [2.05, 4.69) is 22.2 Å². The lowest BCUT2D eigenvalue weighted by atomic mass is 9.99. The molecule has 0 spiro atoms. The lowest BCUT2D eigenvalue weighted by Gasteiger charge is -2.34. The zero-order valence-electron chi connectivity index (χ0n) is 21.3. The van der Waals surface area contributed by atoms with E-state index in [1.165, 1.54) is 30.0 Å². The van der Waals surface area contributed by atoms with Gasteiger partial charge in [0.25, 0.3) is 0 Å². The number of carbonyl (C=O) groups is 3. The highest BCUT2D eigenvalue weighted by Crippen LogP contribution is 2.28. The summed E-state index contributed by atoms with van der Waals surface area (Å²) in [6.07, 6.45) is 0.727. The van der Waals surface area contributed by atoms with Crippen LogP contribution >= 0.6 is 0 Å². The van der Waals surface area contributed by atoms with Crippen LogP contribution in [0.25, 0.3) is 0 Å². The van der Waals surface area contributed by atoms with E-state index in [9.17, 15) is 23.2 Å². The summed E-state index contributed by atoms with van der Waals surface area (Å²) in [5.74, 6) is -1.58. The first kappa shape index (κ1) is 27.4. The Morgan fingerprint density at radius 1 is 1.13 bits per heavy atom. The second-order valence-electron chi connectivity index (χ2n) is 9.28. The average Bonchev–Trinajstić information content (AvgIpc) is 2.88. The molecule has 0 saturated carbocycles. The third kappa shape index (κ3) is 7.25. The van der Waals surface area contributed by atoms with Gasteiger partial charge in [-0.1, -0.05) is 36.9 Å². The fourth-order valence-electron chi connectivity index (χ4n) is 4.40. The van der Waals surface area contributed by atoms with Crippen LogP contribution in [0.3, 0.4) is 0 Å². The smallest absolute Gasteiger partial charge is 0.412 e. The standard InChI is InChI=1S/C29H28F2N4O4/c1-18(2)39-29(38)33-22(14-20-6-3-4-7-23(20)31)15-27(36)34-25-16-24-26(8-5-13-32-24)35(28(25)37)17-19-9-11-21(30)12-10-19/h3-13,22,25H,1,14-17H2,2H3,(H,33,38)(H,34,36)/t22-,25?/m1/s1. The van der Waals surface area contributed by atoms with Crippen LogP contribution in [0.4, 0.5) is 19.3 Å². The van der Waals surface area contributed by atoms with Gasteiger partial charge in [-0.2, -0.15) is 0 Å². The van der Waals surface area contributed by atoms with Gasteiger partial charge in [-0.05, 0) is 54.8 Å². The molecule has 0 bridgehead atoms. The Hall–Kier alpha value is -4.60. The van der Waals surface area contributed by atoms with Crippen molar-refractivity contribution < 1.29 is 27.9 Å². The van der Waals surface area contributed by atoms with Crippen LogP contribution < -0.4 is 15.5 Å². The van der Waals surface area contributed by atoms with E-state index in [-0.39, 0.29) is 43.3 Å². The molecular weight excluding hydrogens is 506 g/mol. The number of hydrogen-bond acceptors (Lipinski definition) is 5. The monoisotopic (exact) mass is 534 g/mol. The van der Waals surface area contributed by atoms with Gasteiger partial charge in [0.1, 0.15) is 17.7 Å². The molecule has 4 rings (SSSR count). The number of rotatable bonds is 9. The number of benzene rings is 2. The Morgan fingerprint density at radius 2 is 1.87 bits per heavy atom. The summed E-state index contributed by atoms with van der Waals surface area (Å²) in [5, 5.41) is 5.32. The molecule has 2 aromatic carbocycles. The first-order valence-corrected chi connectivity index (χ1v) is 12.4. The second kappa shape index (κ2) is 12.3. The van der Waals surface area contributed by atoms with Crippen LogP contribution in [0.5, 0.6) is 0 Å². The minimum Gasteiger partial charge on any atom is -0.416 e. The molecule has 1 unspecified atom stereocenters. The van der Waals surface area contributed by atoms with Crippen molar-refractivity contribution in [2.75, 3.05) is 4.90 Å². The zero-order chi connectivity index (χ0) is 27.9. The second-order valence-corrected chi connectivity index (χ2v) is 9.28. The number of ether oxygens (including phenoxy) is 1. The first-order chi connectivity index (χ1) is 18.7. The van der Waals surface area contributed by atoms with Crippen LogP contribution in [-0.2, 0) is 33.7 Å². The number of anilines is 1. The molecule has 1 aromatic heterocycles. The summed E-state index contributed by atoms with van der Waals surface area (Å²) in [7, 11) is 0. The molecule has 1 aliphatic rings. The molecule has 3 amide bonds. The van der Waals surface area contributed by atoms with Gasteiger partial charge in [0.2, 0.25) is 11.8 Å². The fourth-order valence-corrected chi connectivity index (χ4v) is 4.40. The van der Waals surface area contributed by atoms with Gasteiger partial charge in [-0.15, -0.1) is 0 Å². The Morgan fingerprint density at radius 3 is 2.59 bits per heavy atom. The maximum atomic E-state index is 14.3. The van der Waals surface area contributed by atoms with E-state index in [4.69, 9.17) is 4.74 Å². The SMILES string of the molecule is C=C(C)OC(=O)N[C@@H](CC(=O)NC1Cc2ncccc2N(Cc2ccc(F)cc2)C1=O)Cc1ccccc1F. The van der Waals surface area contributed by atoms with E-state index < -0.39 is 29.9 Å². The highest BCUT2D eigenvalue weighted by atomic mass is 19.1. The van der Waals surface area contributed by atoms with Crippen molar-refractivity contribution in [3.63, 3.8) is 0 Å². The minimum absolute atomic E-state index is 0.0189. The van der Waals surface area contributed by atoms with Gasteiger partial charge in [-0.25, -0.2) is 13.6 Å². The van der Waals surface area contributed by atoms with Crippen LogP contribution in [0.2, 0.25) is 0 Å². The molecule has 39 heavy (non-hydrogen) atoms. The number of allylic oxidation sites excluding steroid dienone is 1. The summed E-state index contributed by atoms with van der Waals surface area (Å²) in [5.41, 5.74) is 2.24. The van der Waals surface area contributed by atoms with Crippen molar-refractivity contribution in [2.45, 2.75) is 44.8 Å². The van der Waals surface area contributed by atoms with Crippen molar-refractivity contribution >= 4 is 23.6 Å². The topological polar surface area (TPSA) is 101 Å². The van der Waals surface area contributed by atoms with Crippen LogP contribution in [0.15, 0.2) is 79.2 Å². The number of halogens is 2. The summed E-state index contributed by atoms with van der Waals surface area (Å²) in [6, 6.07) is 13.6. The molecule has 0 radical (unpaired) electrons. The number of amides is 3. The Bertz CT molecular complexity index is 1380. The van der Waals surface area contributed by atoms with Crippen molar-refractivity contribution in [1.29, 1.82) is 0 Å². The molecule has 1 aliphatic heterocycles. The molecule has 8 nitrogen and oxygen atoms in total. The molecular formula is C29H28F2N4O4. The number of nitrogens with one attached hydrogen (secondary N) is 2. The minimum atomic E-state index is -0.920. The van der Waals surface area contributed by atoms with Crippen LogP contribution in [0.1, 0.15) is 30.2 Å². The van der Waals surface area contributed by atoms with Gasteiger partial charge in [0, 0.05) is 25.1 Å². The van der Waals surface area contributed by atoms with Crippen molar-refractivity contribution in [3.8, 4) is 0 Å². The molecule has 0 saturated heterocycles. The maximum absolute atomic E-state index is 14.3. The quantitative estimate of drug-likeness (QED) is 0.401. The van der Waals surface area contributed by atoms with Crippen LogP contribution in [-0.4, -0.2) is 35.0 Å². The van der Waals surface area contributed by atoms with E-state index in [0.29, 0.717) is 22.5 Å². The summed E-state index contributed by atoms with van der Waals surface area (Å²) in [4.78, 5) is 44.7. The maximum Gasteiger partial charge on any atom is 0.412 e. The molecule has 2 heterocycles.